The van der Waals surface area contributed by atoms with E-state index >= 15 is 0 Å². The van der Waals surface area contributed by atoms with Crippen molar-refractivity contribution >= 4 is 28.8 Å². The van der Waals surface area contributed by atoms with Gasteiger partial charge in [0.1, 0.15) is 6.54 Å². The second kappa shape index (κ2) is 11.4. The zero-order valence-corrected chi connectivity index (χ0v) is 19.5. The molecule has 33 heavy (non-hydrogen) atoms. The monoisotopic (exact) mass is 465 g/mol. The normalized spacial score (nSPS) is 11.6. The van der Waals surface area contributed by atoms with Crippen LogP contribution in [0.5, 0.6) is 0 Å². The number of thiophene rings is 1. The number of carbonyl (C=O) groups is 2. The highest BCUT2D eigenvalue weighted by atomic mass is 32.1. The van der Waals surface area contributed by atoms with E-state index in [4.69, 9.17) is 0 Å². The number of hydrogen-bond donors (Lipinski definition) is 0. The third kappa shape index (κ3) is 6.49. The van der Waals surface area contributed by atoms with Gasteiger partial charge in [0, 0.05) is 35.2 Å². The predicted octanol–water partition coefficient (Wildman–Crippen LogP) is 5.13. The Kier molecular flexibility index (Phi) is 8.32. The van der Waals surface area contributed by atoms with Gasteiger partial charge in [0.25, 0.3) is 11.6 Å². The molecule has 8 heteroatoms. The van der Waals surface area contributed by atoms with Crippen molar-refractivity contribution in [2.45, 2.75) is 39.4 Å². The summed E-state index contributed by atoms with van der Waals surface area (Å²) in [6, 6.07) is 19.1. The molecule has 0 fully saturated rings. The van der Waals surface area contributed by atoms with Gasteiger partial charge in [-0.1, -0.05) is 49.4 Å². The summed E-state index contributed by atoms with van der Waals surface area (Å²) in [7, 11) is 0. The lowest BCUT2D eigenvalue weighted by Crippen LogP contribution is -2.46. The number of nitrogens with zero attached hydrogens (tertiary/aromatic N) is 3. The van der Waals surface area contributed by atoms with Gasteiger partial charge in [-0.15, -0.1) is 11.3 Å². The number of nitro groups is 1. The molecular formula is C25H27N3O4S. The molecule has 7 nitrogen and oxygen atoms in total. The smallest absolute Gasteiger partial charge is 0.270 e. The van der Waals surface area contributed by atoms with Gasteiger partial charge in [-0.2, -0.15) is 0 Å². The van der Waals surface area contributed by atoms with E-state index in [1.54, 1.807) is 22.3 Å². The SMILES string of the molecule is CCC(C)N(CC(=O)N(Cc1ccccc1)Cc1cccs1)C(=O)c1cccc([N+](=O)[O-])c1. The summed E-state index contributed by atoms with van der Waals surface area (Å²) in [5.41, 5.74) is 1.05. The third-order valence-electron chi connectivity index (χ3n) is 5.49. The molecule has 0 N–H and O–H groups in total. The van der Waals surface area contributed by atoms with Gasteiger partial charge >= 0.3 is 0 Å². The van der Waals surface area contributed by atoms with Crippen LogP contribution in [0.2, 0.25) is 0 Å². The Balaban J connectivity index is 1.84. The van der Waals surface area contributed by atoms with Crippen LogP contribution in [0, 0.1) is 10.1 Å². The van der Waals surface area contributed by atoms with Crippen LogP contribution >= 0.6 is 11.3 Å². The summed E-state index contributed by atoms with van der Waals surface area (Å²) in [6.07, 6.45) is 0.650. The van der Waals surface area contributed by atoms with Crippen LogP contribution in [0.4, 0.5) is 5.69 Å². The van der Waals surface area contributed by atoms with Crippen molar-refractivity contribution in [3.8, 4) is 0 Å². The lowest BCUT2D eigenvalue weighted by atomic mass is 10.1. The van der Waals surface area contributed by atoms with E-state index in [0.29, 0.717) is 19.5 Å². The molecular weight excluding hydrogens is 438 g/mol. The first-order chi connectivity index (χ1) is 15.9. The molecule has 0 aliphatic heterocycles. The molecule has 172 valence electrons. The molecule has 0 radical (unpaired) electrons. The average molecular weight is 466 g/mol. The minimum Gasteiger partial charge on any atom is -0.332 e. The fourth-order valence-corrected chi connectivity index (χ4v) is 4.16. The Morgan fingerprint density at radius 2 is 1.79 bits per heavy atom. The van der Waals surface area contributed by atoms with Gasteiger partial charge in [-0.25, -0.2) is 0 Å². The largest absolute Gasteiger partial charge is 0.332 e. The highest BCUT2D eigenvalue weighted by Gasteiger charge is 2.27. The zero-order valence-electron chi connectivity index (χ0n) is 18.7. The quantitative estimate of drug-likeness (QED) is 0.307. The van der Waals surface area contributed by atoms with Crippen molar-refractivity contribution in [3.63, 3.8) is 0 Å². The minimum absolute atomic E-state index is 0.102. The zero-order chi connectivity index (χ0) is 23.8. The highest BCUT2D eigenvalue weighted by Crippen LogP contribution is 2.19. The van der Waals surface area contributed by atoms with Crippen LogP contribution in [-0.4, -0.2) is 39.1 Å². The fourth-order valence-electron chi connectivity index (χ4n) is 3.44. The van der Waals surface area contributed by atoms with E-state index in [1.807, 2.05) is 61.7 Å². The third-order valence-corrected chi connectivity index (χ3v) is 6.35. The lowest BCUT2D eigenvalue weighted by Gasteiger charge is -2.31. The molecule has 3 rings (SSSR count). The van der Waals surface area contributed by atoms with E-state index in [2.05, 4.69) is 0 Å². The summed E-state index contributed by atoms with van der Waals surface area (Å²) >= 11 is 1.58. The number of benzene rings is 2. The summed E-state index contributed by atoms with van der Waals surface area (Å²) in [5.74, 6) is -0.566. The van der Waals surface area contributed by atoms with Crippen LogP contribution in [0.25, 0.3) is 0 Å². The number of carbonyl (C=O) groups excluding carboxylic acids is 2. The number of amides is 2. The summed E-state index contributed by atoms with van der Waals surface area (Å²) < 4.78 is 0. The Labute approximate surface area is 197 Å². The Hall–Kier alpha value is -3.52. The van der Waals surface area contributed by atoms with Gasteiger partial charge in [0.2, 0.25) is 5.91 Å². The first kappa shape index (κ1) is 24.1. The number of non-ortho nitro benzene ring substituents is 1. The molecule has 1 aromatic heterocycles. The summed E-state index contributed by atoms with van der Waals surface area (Å²) in [6.45, 7) is 4.59. The number of hydrogen-bond acceptors (Lipinski definition) is 5. The van der Waals surface area contributed by atoms with Crippen LogP contribution in [-0.2, 0) is 17.9 Å². The van der Waals surface area contributed by atoms with E-state index in [0.717, 1.165) is 10.4 Å². The molecule has 2 aromatic carbocycles. The number of nitro benzene ring substituents is 1. The van der Waals surface area contributed by atoms with Gasteiger partial charge in [-0.3, -0.25) is 19.7 Å². The number of rotatable bonds is 10. The standard InChI is InChI=1S/C25H27N3O4S/c1-3-19(2)27(25(30)21-11-7-12-22(15-21)28(31)32)18-24(29)26(17-23-13-8-14-33-23)16-20-9-5-4-6-10-20/h4-15,19H,3,16-18H2,1-2H3. The molecule has 0 aliphatic rings. The minimum atomic E-state index is -0.530. The second-order valence-corrected chi connectivity index (χ2v) is 8.84. The predicted molar refractivity (Wildman–Crippen MR) is 129 cm³/mol. The molecule has 0 saturated carbocycles. The molecule has 0 aliphatic carbocycles. The first-order valence-corrected chi connectivity index (χ1v) is 11.7. The van der Waals surface area contributed by atoms with Crippen molar-refractivity contribution in [2.75, 3.05) is 6.54 Å². The van der Waals surface area contributed by atoms with Crippen LogP contribution in [0.3, 0.4) is 0 Å². The van der Waals surface area contributed by atoms with E-state index in [9.17, 15) is 19.7 Å². The maximum Gasteiger partial charge on any atom is 0.270 e. The topological polar surface area (TPSA) is 83.8 Å². The van der Waals surface area contributed by atoms with E-state index in [-0.39, 0.29) is 29.7 Å². The average Bonchev–Trinajstić information content (AvgIpc) is 3.35. The molecule has 0 spiro atoms. The Morgan fingerprint density at radius 3 is 2.42 bits per heavy atom. The summed E-state index contributed by atoms with van der Waals surface area (Å²) in [5, 5.41) is 13.1. The van der Waals surface area contributed by atoms with Crippen molar-refractivity contribution in [3.05, 3.63) is 98.2 Å². The lowest BCUT2D eigenvalue weighted by molar-refractivity contribution is -0.384. The van der Waals surface area contributed by atoms with Crippen LogP contribution in [0.15, 0.2) is 72.1 Å². The van der Waals surface area contributed by atoms with Crippen molar-refractivity contribution in [1.82, 2.24) is 9.80 Å². The molecule has 0 saturated heterocycles. The van der Waals surface area contributed by atoms with E-state index < -0.39 is 10.8 Å². The van der Waals surface area contributed by atoms with Crippen molar-refractivity contribution in [1.29, 1.82) is 0 Å². The van der Waals surface area contributed by atoms with Gasteiger partial charge < -0.3 is 9.80 Å². The van der Waals surface area contributed by atoms with Crippen molar-refractivity contribution < 1.29 is 14.5 Å². The van der Waals surface area contributed by atoms with Crippen LogP contribution in [0.1, 0.15) is 41.1 Å². The van der Waals surface area contributed by atoms with Gasteiger partial charge in [0.05, 0.1) is 11.5 Å². The van der Waals surface area contributed by atoms with Crippen LogP contribution < -0.4 is 0 Å². The molecule has 1 unspecified atom stereocenters. The van der Waals surface area contributed by atoms with Crippen molar-refractivity contribution in [2.24, 2.45) is 0 Å². The Morgan fingerprint density at radius 1 is 1.03 bits per heavy atom. The fraction of sp³-hybridized carbons (Fsp3) is 0.280. The molecule has 3 aromatic rings. The first-order valence-electron chi connectivity index (χ1n) is 10.8. The second-order valence-electron chi connectivity index (χ2n) is 7.81. The summed E-state index contributed by atoms with van der Waals surface area (Å²) in [4.78, 5) is 41.7. The highest BCUT2D eigenvalue weighted by molar-refractivity contribution is 7.09. The maximum absolute atomic E-state index is 13.4. The maximum atomic E-state index is 13.4. The Bertz CT molecular complexity index is 1090. The molecule has 0 bridgehead atoms. The molecule has 2 amide bonds. The van der Waals surface area contributed by atoms with Gasteiger partial charge in [-0.05, 0) is 36.4 Å². The molecule has 1 heterocycles. The molecule has 1 atom stereocenters. The van der Waals surface area contributed by atoms with E-state index in [1.165, 1.54) is 23.1 Å². The van der Waals surface area contributed by atoms with Gasteiger partial charge in [0.15, 0.2) is 0 Å².